The lowest BCUT2D eigenvalue weighted by Gasteiger charge is -2.20. The number of esters is 2. The topological polar surface area (TPSA) is 214 Å². The van der Waals surface area contributed by atoms with Crippen LogP contribution < -0.4 is 27.4 Å². The Morgan fingerprint density at radius 3 is 1.48 bits per heavy atom. The largest absolute Gasteiger partial charge is 0.472 e. The van der Waals surface area contributed by atoms with E-state index in [0.717, 1.165) is 70.9 Å². The molecule has 14 nitrogen and oxygen atoms in total. The van der Waals surface area contributed by atoms with Crippen LogP contribution in [0.2, 0.25) is 0 Å². The molecule has 0 aliphatic rings. The lowest BCUT2D eigenvalue weighted by atomic mass is 10.0. The van der Waals surface area contributed by atoms with Gasteiger partial charge in [-0.05, 0) is 71.2 Å². The van der Waals surface area contributed by atoms with Crippen LogP contribution in [0.4, 0.5) is 0 Å². The minimum absolute atomic E-state index is 0.0229. The Labute approximate surface area is 385 Å². The summed E-state index contributed by atoms with van der Waals surface area (Å²) in [6.45, 7) is 6.68. The van der Waals surface area contributed by atoms with Gasteiger partial charge < -0.3 is 41.8 Å². The van der Waals surface area contributed by atoms with Gasteiger partial charge in [-0.3, -0.25) is 23.4 Å². The van der Waals surface area contributed by atoms with Gasteiger partial charge in [0.25, 0.3) is 0 Å². The summed E-state index contributed by atoms with van der Waals surface area (Å²) in [4.78, 5) is 48.8. The predicted octanol–water partition coefficient (Wildman–Crippen LogP) is 9.68. The molecule has 0 radical (unpaired) electrons. The van der Waals surface area contributed by atoms with E-state index >= 15 is 0 Å². The van der Waals surface area contributed by atoms with Gasteiger partial charge in [-0.25, -0.2) is 4.57 Å². The van der Waals surface area contributed by atoms with E-state index in [1.807, 2.05) is 0 Å². The lowest BCUT2D eigenvalue weighted by molar-refractivity contribution is -0.161. The summed E-state index contributed by atoms with van der Waals surface area (Å²) in [6.07, 6.45) is 33.5. The number of phosphoric acid groups is 1. The van der Waals surface area contributed by atoms with Gasteiger partial charge in [0, 0.05) is 19.4 Å². The van der Waals surface area contributed by atoms with Crippen molar-refractivity contribution in [1.82, 2.24) is 16.0 Å². The number of amides is 1. The second-order valence-corrected chi connectivity index (χ2v) is 18.8. The maximum Gasteiger partial charge on any atom is 0.472 e. The quantitative estimate of drug-likeness (QED) is 0.0191. The normalized spacial score (nSPS) is 13.4. The maximum absolute atomic E-state index is 12.9. The summed E-state index contributed by atoms with van der Waals surface area (Å²) in [7, 11) is -4.60. The molecule has 63 heavy (non-hydrogen) atoms. The van der Waals surface area contributed by atoms with Crippen molar-refractivity contribution in [3.05, 3.63) is 0 Å². The number of rotatable bonds is 50. The number of phosphoric ester groups is 1. The Bertz CT molecular complexity index is 1090. The first-order valence-corrected chi connectivity index (χ1v) is 27.3. The average molecular weight is 920 g/mol. The third kappa shape index (κ3) is 44.0. The number of hydrogen-bond donors (Lipinski definition) is 6. The van der Waals surface area contributed by atoms with E-state index in [4.69, 9.17) is 30.0 Å². The lowest BCUT2D eigenvalue weighted by Crippen LogP contribution is -2.46. The molecular weight excluding hydrogens is 822 g/mol. The Morgan fingerprint density at radius 1 is 0.540 bits per heavy atom. The molecule has 0 spiro atoms. The van der Waals surface area contributed by atoms with Crippen molar-refractivity contribution in [2.75, 3.05) is 59.1 Å². The standard InChI is InChI=1S/C48H98N5O9P/c1-3-5-7-9-11-13-15-17-19-21-23-25-27-33-46(54)59-42-44(62-47(55)34-28-26-24-22-20-18-16-14-12-10-8-6-4-2)43-61-63(57,58)60-41-40-53-48(56)45(52-39-31-36-50)32-29-37-51-38-30-35-49/h44-45,51-52H,3-43,49-50H2,1-2H3,(H,53,56)(H,57,58)/t44?,45-/m0/s1. The highest BCUT2D eigenvalue weighted by Crippen LogP contribution is 2.43. The molecule has 0 aromatic carbocycles. The smallest absolute Gasteiger partial charge is 0.462 e. The molecule has 8 N–H and O–H groups in total. The summed E-state index contributed by atoms with van der Waals surface area (Å²) >= 11 is 0. The van der Waals surface area contributed by atoms with Crippen molar-refractivity contribution in [1.29, 1.82) is 0 Å². The monoisotopic (exact) mass is 920 g/mol. The van der Waals surface area contributed by atoms with Crippen LogP contribution >= 0.6 is 7.82 Å². The number of unbranched alkanes of at least 4 members (excludes halogenated alkanes) is 24. The molecule has 0 aromatic heterocycles. The molecule has 2 unspecified atom stereocenters. The third-order valence-corrected chi connectivity index (χ3v) is 12.3. The Balaban J connectivity index is 4.79. The number of ether oxygens (including phenoxy) is 2. The molecule has 0 aromatic rings. The molecule has 0 fully saturated rings. The van der Waals surface area contributed by atoms with Crippen LogP contribution in [0, 0.1) is 0 Å². The summed E-state index contributed by atoms with van der Waals surface area (Å²) in [6, 6.07) is -0.451. The number of carbonyl (C=O) groups excluding carboxylic acids is 3. The summed E-state index contributed by atoms with van der Waals surface area (Å²) in [5, 5.41) is 9.29. The second kappa shape index (κ2) is 46.9. The second-order valence-electron chi connectivity index (χ2n) is 17.4. The molecule has 0 saturated heterocycles. The van der Waals surface area contributed by atoms with Crippen molar-refractivity contribution >= 4 is 25.7 Å². The SMILES string of the molecule is CCCCCCCCCCCCCCCC(=O)OCC(COP(=O)(O)OCCNC(=O)[C@H](CCCNCCCN)NCCCN)OC(=O)CCCCCCCCCCCCCCC. The van der Waals surface area contributed by atoms with E-state index in [9.17, 15) is 23.8 Å². The van der Waals surface area contributed by atoms with Gasteiger partial charge in [0.15, 0.2) is 6.10 Å². The van der Waals surface area contributed by atoms with Crippen LogP contribution in [0.1, 0.15) is 219 Å². The van der Waals surface area contributed by atoms with Crippen LogP contribution in [0.5, 0.6) is 0 Å². The molecule has 374 valence electrons. The maximum atomic E-state index is 12.9. The van der Waals surface area contributed by atoms with Crippen LogP contribution in [0.15, 0.2) is 0 Å². The van der Waals surface area contributed by atoms with Gasteiger partial charge in [0.2, 0.25) is 5.91 Å². The Kier molecular flexibility index (Phi) is 45.7. The molecule has 0 aliphatic carbocycles. The van der Waals surface area contributed by atoms with Crippen LogP contribution in [0.3, 0.4) is 0 Å². The highest BCUT2D eigenvalue weighted by molar-refractivity contribution is 7.47. The highest BCUT2D eigenvalue weighted by atomic mass is 31.2. The first-order valence-electron chi connectivity index (χ1n) is 25.8. The fourth-order valence-corrected chi connectivity index (χ4v) is 8.10. The third-order valence-electron chi connectivity index (χ3n) is 11.3. The van der Waals surface area contributed by atoms with E-state index < -0.39 is 38.5 Å². The van der Waals surface area contributed by atoms with Crippen molar-refractivity contribution in [2.24, 2.45) is 11.5 Å². The fourth-order valence-electron chi connectivity index (χ4n) is 7.35. The Hall–Kier alpha value is -1.64. The molecule has 1 amide bonds. The number of carbonyl (C=O) groups is 3. The van der Waals surface area contributed by atoms with E-state index in [-0.39, 0.29) is 38.5 Å². The molecule has 0 heterocycles. The minimum atomic E-state index is -4.60. The molecule has 0 saturated carbocycles. The number of hydrogen-bond acceptors (Lipinski definition) is 12. The van der Waals surface area contributed by atoms with Crippen LogP contribution in [-0.2, 0) is 37.5 Å². The van der Waals surface area contributed by atoms with E-state index in [1.165, 1.54) is 116 Å². The van der Waals surface area contributed by atoms with Gasteiger partial charge in [0.05, 0.1) is 19.3 Å². The van der Waals surface area contributed by atoms with Crippen LogP contribution in [0.25, 0.3) is 0 Å². The van der Waals surface area contributed by atoms with Crippen molar-refractivity contribution in [3.8, 4) is 0 Å². The van der Waals surface area contributed by atoms with E-state index in [0.29, 0.717) is 38.9 Å². The number of nitrogens with two attached hydrogens (primary N) is 2. The van der Waals surface area contributed by atoms with Gasteiger partial charge in [-0.15, -0.1) is 0 Å². The summed E-state index contributed by atoms with van der Waals surface area (Å²) in [5.74, 6) is -1.13. The average Bonchev–Trinajstić information content (AvgIpc) is 3.27. The van der Waals surface area contributed by atoms with Crippen molar-refractivity contribution in [3.63, 3.8) is 0 Å². The molecule has 0 rings (SSSR count). The zero-order valence-electron chi connectivity index (χ0n) is 40.5. The van der Waals surface area contributed by atoms with Gasteiger partial charge in [0.1, 0.15) is 6.61 Å². The molecule has 3 atom stereocenters. The molecular formula is C48H98N5O9P. The molecule has 0 bridgehead atoms. The zero-order valence-corrected chi connectivity index (χ0v) is 41.4. The van der Waals surface area contributed by atoms with E-state index in [1.54, 1.807) is 0 Å². The summed E-state index contributed by atoms with van der Waals surface area (Å²) in [5.41, 5.74) is 11.2. The highest BCUT2D eigenvalue weighted by Gasteiger charge is 2.26. The first-order chi connectivity index (χ1) is 30.7. The fraction of sp³-hybridized carbons (Fsp3) is 0.938. The number of nitrogens with one attached hydrogen (secondary N) is 3. The Morgan fingerprint density at radius 2 is 0.984 bits per heavy atom. The molecule has 15 heteroatoms. The zero-order chi connectivity index (χ0) is 46.3. The van der Waals surface area contributed by atoms with Gasteiger partial charge >= 0.3 is 19.8 Å². The van der Waals surface area contributed by atoms with Crippen molar-refractivity contribution in [2.45, 2.75) is 231 Å². The minimum Gasteiger partial charge on any atom is -0.462 e. The first kappa shape index (κ1) is 61.4. The van der Waals surface area contributed by atoms with Gasteiger partial charge in [-0.1, -0.05) is 168 Å². The molecule has 0 aliphatic heterocycles. The predicted molar refractivity (Wildman–Crippen MR) is 257 cm³/mol. The van der Waals surface area contributed by atoms with E-state index in [2.05, 4.69) is 29.8 Å². The van der Waals surface area contributed by atoms with Crippen LogP contribution in [-0.4, -0.2) is 94.0 Å². The summed E-state index contributed by atoms with van der Waals surface area (Å²) < 4.78 is 34.2. The van der Waals surface area contributed by atoms with Crippen molar-refractivity contribution < 1.29 is 42.4 Å². The van der Waals surface area contributed by atoms with Gasteiger partial charge in [-0.2, -0.15) is 0 Å².